The van der Waals surface area contributed by atoms with Crippen molar-refractivity contribution >= 4 is 28.9 Å². The Hall–Kier alpha value is -1.56. The Bertz CT molecular complexity index is 687. The molecule has 0 saturated heterocycles. The van der Waals surface area contributed by atoms with Gasteiger partial charge in [-0.2, -0.15) is 5.10 Å². The summed E-state index contributed by atoms with van der Waals surface area (Å²) in [5.74, 6) is 0. The number of anilines is 1. The molecule has 2 rings (SSSR count). The molecule has 0 saturated carbocycles. The van der Waals surface area contributed by atoms with E-state index in [1.807, 2.05) is 18.0 Å². The number of likely N-dealkylation sites (N-methyl/N-ethyl adjacent to an activating group) is 1. The highest BCUT2D eigenvalue weighted by Crippen LogP contribution is 2.22. The molecule has 5 nitrogen and oxygen atoms in total. The Morgan fingerprint density at radius 3 is 2.67 bits per heavy atom. The molecule has 1 heterocycles. The Balaban J connectivity index is 2.21. The van der Waals surface area contributed by atoms with E-state index in [0.29, 0.717) is 29.7 Å². The predicted molar refractivity (Wildman–Crippen MR) is 86.4 cm³/mol. The third-order valence-corrected chi connectivity index (χ3v) is 3.82. The molecule has 0 atom stereocenters. The molecule has 0 aliphatic carbocycles. The van der Waals surface area contributed by atoms with Gasteiger partial charge in [0.2, 0.25) is 0 Å². The second-order valence-electron chi connectivity index (χ2n) is 4.67. The minimum Gasteiger partial charge on any atom is -0.372 e. The van der Waals surface area contributed by atoms with Gasteiger partial charge >= 0.3 is 0 Å². The van der Waals surface area contributed by atoms with Crippen LogP contribution >= 0.6 is 23.2 Å². The summed E-state index contributed by atoms with van der Waals surface area (Å²) in [6.07, 6.45) is 1.65. The molecule has 2 aromatic rings. The van der Waals surface area contributed by atoms with E-state index in [-0.39, 0.29) is 5.56 Å². The maximum atomic E-state index is 12.1. The average molecular weight is 327 g/mol. The van der Waals surface area contributed by atoms with Crippen LogP contribution in [0.2, 0.25) is 10.0 Å². The topological polar surface area (TPSA) is 64.2 Å². The van der Waals surface area contributed by atoms with Gasteiger partial charge in [-0.05, 0) is 17.7 Å². The van der Waals surface area contributed by atoms with Crippen molar-refractivity contribution in [3.05, 3.63) is 56.4 Å². The van der Waals surface area contributed by atoms with E-state index in [1.54, 1.807) is 24.4 Å². The van der Waals surface area contributed by atoms with Gasteiger partial charge in [-0.25, -0.2) is 4.68 Å². The highest BCUT2D eigenvalue weighted by molar-refractivity contribution is 6.42. The molecule has 0 amide bonds. The molecule has 0 spiro atoms. The van der Waals surface area contributed by atoms with E-state index in [2.05, 4.69) is 5.10 Å². The van der Waals surface area contributed by atoms with Crippen molar-refractivity contribution in [3.63, 3.8) is 0 Å². The molecule has 0 radical (unpaired) electrons. The van der Waals surface area contributed by atoms with Crippen LogP contribution in [0.4, 0.5) is 5.69 Å². The first-order valence-corrected chi connectivity index (χ1v) is 7.19. The molecule has 2 N–H and O–H groups in total. The van der Waals surface area contributed by atoms with Crippen LogP contribution in [-0.2, 0) is 6.54 Å². The summed E-state index contributed by atoms with van der Waals surface area (Å²) in [5, 5.41) is 5.12. The monoisotopic (exact) mass is 326 g/mol. The van der Waals surface area contributed by atoms with E-state index in [4.69, 9.17) is 28.9 Å². The van der Waals surface area contributed by atoms with Crippen LogP contribution in [0.15, 0.2) is 35.3 Å². The first-order chi connectivity index (χ1) is 10.0. The maximum absolute atomic E-state index is 12.1. The van der Waals surface area contributed by atoms with Crippen LogP contribution in [0.1, 0.15) is 5.56 Å². The highest BCUT2D eigenvalue weighted by Gasteiger charge is 2.06. The second kappa shape index (κ2) is 6.93. The number of hydrogen-bond acceptors (Lipinski definition) is 4. The number of halogens is 2. The number of hydrogen-bond donors (Lipinski definition) is 1. The summed E-state index contributed by atoms with van der Waals surface area (Å²) in [6, 6.07) is 6.79. The van der Waals surface area contributed by atoms with E-state index in [0.717, 1.165) is 11.3 Å². The first kappa shape index (κ1) is 15.8. The maximum Gasteiger partial charge on any atom is 0.269 e. The van der Waals surface area contributed by atoms with Crippen molar-refractivity contribution in [2.45, 2.75) is 6.54 Å². The zero-order valence-corrected chi connectivity index (χ0v) is 13.1. The van der Waals surface area contributed by atoms with Gasteiger partial charge in [-0.15, -0.1) is 0 Å². The molecule has 0 aliphatic heterocycles. The largest absolute Gasteiger partial charge is 0.372 e. The van der Waals surface area contributed by atoms with Crippen molar-refractivity contribution in [2.24, 2.45) is 5.73 Å². The quantitative estimate of drug-likeness (QED) is 0.912. The van der Waals surface area contributed by atoms with Crippen molar-refractivity contribution in [1.82, 2.24) is 9.78 Å². The minimum atomic E-state index is -0.178. The molecule has 112 valence electrons. The fraction of sp³-hybridized carbons (Fsp3) is 0.286. The minimum absolute atomic E-state index is 0.178. The molecule has 0 bridgehead atoms. The lowest BCUT2D eigenvalue weighted by atomic mass is 10.2. The van der Waals surface area contributed by atoms with Gasteiger partial charge in [0.15, 0.2) is 0 Å². The van der Waals surface area contributed by atoms with Gasteiger partial charge in [0.05, 0.1) is 28.5 Å². The zero-order valence-electron chi connectivity index (χ0n) is 11.6. The third kappa shape index (κ3) is 3.97. The van der Waals surface area contributed by atoms with Crippen molar-refractivity contribution in [1.29, 1.82) is 0 Å². The SMILES string of the molecule is CN(CCN)c1cnn(Cc2ccc(Cl)c(Cl)c2)c(=O)c1. The first-order valence-electron chi connectivity index (χ1n) is 6.43. The van der Waals surface area contributed by atoms with Crippen LogP contribution < -0.4 is 16.2 Å². The number of nitrogens with zero attached hydrogens (tertiary/aromatic N) is 3. The lowest BCUT2D eigenvalue weighted by Gasteiger charge is -2.17. The number of benzene rings is 1. The summed E-state index contributed by atoms with van der Waals surface area (Å²) in [7, 11) is 1.87. The van der Waals surface area contributed by atoms with Crippen LogP contribution in [0.5, 0.6) is 0 Å². The number of aromatic nitrogens is 2. The molecule has 0 aliphatic rings. The predicted octanol–water partition coefficient (Wildman–Crippen LogP) is 1.99. The highest BCUT2D eigenvalue weighted by atomic mass is 35.5. The molecule has 0 unspecified atom stereocenters. The standard InChI is InChI=1S/C14H16Cl2N4O/c1-19(5-4-17)11-7-14(21)20(18-8-11)9-10-2-3-12(15)13(16)6-10/h2-3,6-8H,4-5,9,17H2,1H3. The fourth-order valence-corrected chi connectivity index (χ4v) is 2.21. The summed E-state index contributed by atoms with van der Waals surface area (Å²) in [5.41, 5.74) is 6.93. The molecular weight excluding hydrogens is 311 g/mol. The van der Waals surface area contributed by atoms with Gasteiger partial charge < -0.3 is 10.6 Å². The second-order valence-corrected chi connectivity index (χ2v) is 5.48. The van der Waals surface area contributed by atoms with Crippen LogP contribution in [-0.4, -0.2) is 29.9 Å². The van der Waals surface area contributed by atoms with Gasteiger partial charge in [-0.1, -0.05) is 29.3 Å². The Morgan fingerprint density at radius 1 is 1.29 bits per heavy atom. The summed E-state index contributed by atoms with van der Waals surface area (Å²) in [6.45, 7) is 1.53. The molecular formula is C14H16Cl2N4O. The summed E-state index contributed by atoms with van der Waals surface area (Å²) >= 11 is 11.8. The molecule has 1 aromatic carbocycles. The number of nitrogens with two attached hydrogens (primary N) is 1. The average Bonchev–Trinajstić information content (AvgIpc) is 2.45. The van der Waals surface area contributed by atoms with E-state index in [9.17, 15) is 4.79 Å². The smallest absolute Gasteiger partial charge is 0.269 e. The Kier molecular flexibility index (Phi) is 5.22. The van der Waals surface area contributed by atoms with Crippen molar-refractivity contribution < 1.29 is 0 Å². The van der Waals surface area contributed by atoms with Crippen LogP contribution in [0.25, 0.3) is 0 Å². The van der Waals surface area contributed by atoms with E-state index in [1.165, 1.54) is 4.68 Å². The van der Waals surface area contributed by atoms with Gasteiger partial charge in [0.1, 0.15) is 0 Å². The van der Waals surface area contributed by atoms with E-state index >= 15 is 0 Å². The van der Waals surface area contributed by atoms with E-state index < -0.39 is 0 Å². The van der Waals surface area contributed by atoms with Crippen LogP contribution in [0.3, 0.4) is 0 Å². The third-order valence-electron chi connectivity index (χ3n) is 3.08. The fourth-order valence-electron chi connectivity index (χ4n) is 1.89. The molecule has 21 heavy (non-hydrogen) atoms. The van der Waals surface area contributed by atoms with Crippen molar-refractivity contribution in [2.75, 3.05) is 25.0 Å². The number of rotatable bonds is 5. The normalized spacial score (nSPS) is 10.7. The summed E-state index contributed by atoms with van der Waals surface area (Å²) < 4.78 is 1.37. The van der Waals surface area contributed by atoms with Gasteiger partial charge in [0, 0.05) is 26.2 Å². The lowest BCUT2D eigenvalue weighted by Crippen LogP contribution is -2.29. The van der Waals surface area contributed by atoms with Gasteiger partial charge in [-0.3, -0.25) is 4.79 Å². The zero-order chi connectivity index (χ0) is 15.4. The lowest BCUT2D eigenvalue weighted by molar-refractivity contribution is 0.637. The Morgan fingerprint density at radius 2 is 2.05 bits per heavy atom. The summed E-state index contributed by atoms with van der Waals surface area (Å²) in [4.78, 5) is 14.0. The molecule has 1 aromatic heterocycles. The molecule has 0 fully saturated rings. The molecule has 7 heteroatoms. The van der Waals surface area contributed by atoms with Crippen LogP contribution in [0, 0.1) is 0 Å². The Labute approximate surface area is 132 Å². The van der Waals surface area contributed by atoms with Crippen molar-refractivity contribution in [3.8, 4) is 0 Å². The van der Waals surface area contributed by atoms with Gasteiger partial charge in [0.25, 0.3) is 5.56 Å².